The van der Waals surface area contributed by atoms with Gasteiger partial charge in [-0.1, -0.05) is 6.92 Å². The highest BCUT2D eigenvalue weighted by Gasteiger charge is 2.35. The maximum atomic E-state index is 13.4. The molecule has 2 fully saturated rings. The third-order valence-corrected chi connectivity index (χ3v) is 9.01. The lowest BCUT2D eigenvalue weighted by molar-refractivity contribution is -0.142. The van der Waals surface area contributed by atoms with Crippen LogP contribution in [0.5, 0.6) is 5.75 Å². The first-order valence-corrected chi connectivity index (χ1v) is 15.3. The number of piperidine rings is 1. The Morgan fingerprint density at radius 2 is 1.93 bits per heavy atom. The largest absolute Gasteiger partial charge is 0.496 e. The molecule has 1 aromatic carbocycles. The van der Waals surface area contributed by atoms with Gasteiger partial charge in [0.25, 0.3) is 0 Å². The predicted octanol–water partition coefficient (Wildman–Crippen LogP) is 5.84. The zero-order chi connectivity index (χ0) is 31.9. The Labute approximate surface area is 258 Å². The molecule has 44 heavy (non-hydrogen) atoms. The van der Waals surface area contributed by atoms with Gasteiger partial charge in [-0.25, -0.2) is 15.0 Å². The highest BCUT2D eigenvalue weighted by atomic mass is 32.1. The van der Waals surface area contributed by atoms with E-state index in [1.54, 1.807) is 19.3 Å². The molecule has 2 aromatic heterocycles. The van der Waals surface area contributed by atoms with Crippen LogP contribution in [0.4, 0.5) is 24.1 Å². The van der Waals surface area contributed by atoms with Gasteiger partial charge in [-0.2, -0.15) is 13.2 Å². The van der Waals surface area contributed by atoms with Crippen LogP contribution >= 0.6 is 11.3 Å². The summed E-state index contributed by atoms with van der Waals surface area (Å²) >= 11 is 1.50. The minimum atomic E-state index is -4.48. The number of methoxy groups -OCH3 is 1. The third-order valence-electron chi connectivity index (χ3n) is 7.95. The van der Waals surface area contributed by atoms with Gasteiger partial charge in [0.1, 0.15) is 17.3 Å². The number of nitrogens with one attached hydrogen (secondary N) is 1. The SMILES string of the molecule is CCC1CCCN1Cc1sc(NC)nc1-c1ccc(OC)c(C(F)(F)F)c1.O=Cc1cnc(N2CCC(C(=O)O)CC2)cn1. The molecule has 238 valence electrons. The van der Waals surface area contributed by atoms with E-state index in [9.17, 15) is 22.8 Å². The number of carbonyl (C=O) groups is 2. The quantitative estimate of drug-likeness (QED) is 0.278. The first-order chi connectivity index (χ1) is 21.1. The predicted molar refractivity (Wildman–Crippen MR) is 162 cm³/mol. The fourth-order valence-electron chi connectivity index (χ4n) is 5.53. The Morgan fingerprint density at radius 3 is 2.50 bits per heavy atom. The summed E-state index contributed by atoms with van der Waals surface area (Å²) in [6.45, 7) is 5.22. The van der Waals surface area contributed by atoms with Crippen LogP contribution in [0.1, 0.15) is 60.0 Å². The van der Waals surface area contributed by atoms with Crippen LogP contribution in [0.15, 0.2) is 30.6 Å². The number of aliphatic carboxylic acids is 1. The molecule has 1 atom stereocenters. The highest BCUT2D eigenvalue weighted by Crippen LogP contribution is 2.41. The van der Waals surface area contributed by atoms with Gasteiger partial charge in [-0.15, -0.1) is 11.3 Å². The smallest absolute Gasteiger partial charge is 0.419 e. The molecule has 0 amide bonds. The molecule has 0 radical (unpaired) electrons. The second-order valence-electron chi connectivity index (χ2n) is 10.6. The summed E-state index contributed by atoms with van der Waals surface area (Å²) < 4.78 is 45.1. The zero-order valence-electron chi connectivity index (χ0n) is 24.9. The number of halogens is 3. The van der Waals surface area contributed by atoms with E-state index in [0.717, 1.165) is 30.3 Å². The van der Waals surface area contributed by atoms with Crippen LogP contribution in [0.2, 0.25) is 0 Å². The minimum Gasteiger partial charge on any atom is -0.496 e. The molecule has 1 unspecified atom stereocenters. The number of thiazole rings is 1. The van der Waals surface area contributed by atoms with Crippen molar-refractivity contribution >= 4 is 34.5 Å². The van der Waals surface area contributed by atoms with Crippen molar-refractivity contribution in [2.24, 2.45) is 5.92 Å². The molecule has 5 rings (SSSR count). The van der Waals surface area contributed by atoms with Crippen molar-refractivity contribution in [3.63, 3.8) is 0 Å². The number of aromatic nitrogens is 3. The number of rotatable bonds is 9. The van der Waals surface area contributed by atoms with Crippen LogP contribution in [0, 0.1) is 5.92 Å². The van der Waals surface area contributed by atoms with Crippen LogP contribution in [0.3, 0.4) is 0 Å². The molecular formula is C30H37F3N6O4S. The molecule has 14 heteroatoms. The number of carboxylic acid groups (broad SMARTS) is 1. The molecule has 0 spiro atoms. The second-order valence-corrected chi connectivity index (χ2v) is 11.7. The molecule has 2 aliphatic heterocycles. The van der Waals surface area contributed by atoms with E-state index in [2.05, 4.69) is 32.1 Å². The number of hydrogen-bond donors (Lipinski definition) is 2. The van der Waals surface area contributed by atoms with Crippen LogP contribution < -0.4 is 15.0 Å². The number of hydrogen-bond acceptors (Lipinski definition) is 10. The van der Waals surface area contributed by atoms with Gasteiger partial charge in [-0.05, 0) is 56.8 Å². The van der Waals surface area contributed by atoms with Gasteiger partial charge in [0.2, 0.25) is 0 Å². The first kappa shape index (κ1) is 33.1. The third kappa shape index (κ3) is 8.03. The van der Waals surface area contributed by atoms with Crippen molar-refractivity contribution in [2.75, 3.05) is 44.0 Å². The Kier molecular flexibility index (Phi) is 11.1. The van der Waals surface area contributed by atoms with Crippen LogP contribution in [0.25, 0.3) is 11.3 Å². The van der Waals surface area contributed by atoms with E-state index in [-0.39, 0.29) is 11.7 Å². The normalized spacial score (nSPS) is 17.6. The topological polar surface area (TPSA) is 121 Å². The zero-order valence-corrected chi connectivity index (χ0v) is 25.7. The van der Waals surface area contributed by atoms with Gasteiger partial charge in [-0.3, -0.25) is 14.5 Å². The van der Waals surface area contributed by atoms with E-state index >= 15 is 0 Å². The molecule has 0 aliphatic carbocycles. The lowest BCUT2D eigenvalue weighted by Crippen LogP contribution is -2.36. The summed E-state index contributed by atoms with van der Waals surface area (Å²) in [7, 11) is 3.02. The summed E-state index contributed by atoms with van der Waals surface area (Å²) in [4.78, 5) is 39.2. The van der Waals surface area contributed by atoms with Crippen molar-refractivity contribution < 1.29 is 32.6 Å². The Morgan fingerprint density at radius 1 is 1.18 bits per heavy atom. The summed E-state index contributed by atoms with van der Waals surface area (Å²) in [5.41, 5.74) is 0.594. The average molecular weight is 635 g/mol. The number of likely N-dealkylation sites (tertiary alicyclic amines) is 1. The number of aldehydes is 1. The van der Waals surface area contributed by atoms with Crippen molar-refractivity contribution in [1.82, 2.24) is 19.9 Å². The molecule has 10 nitrogen and oxygen atoms in total. The van der Waals surface area contributed by atoms with Crippen molar-refractivity contribution in [2.45, 2.75) is 57.8 Å². The highest BCUT2D eigenvalue weighted by molar-refractivity contribution is 7.16. The van der Waals surface area contributed by atoms with Crippen molar-refractivity contribution in [3.05, 3.63) is 46.7 Å². The van der Waals surface area contributed by atoms with Crippen LogP contribution in [-0.2, 0) is 17.5 Å². The van der Waals surface area contributed by atoms with Crippen molar-refractivity contribution in [1.29, 1.82) is 0 Å². The van der Waals surface area contributed by atoms with Gasteiger partial charge in [0.15, 0.2) is 11.4 Å². The monoisotopic (exact) mass is 634 g/mol. The van der Waals surface area contributed by atoms with Gasteiger partial charge in [0, 0.05) is 43.2 Å². The van der Waals surface area contributed by atoms with Crippen LogP contribution in [-0.4, -0.2) is 77.0 Å². The van der Waals surface area contributed by atoms with Crippen molar-refractivity contribution in [3.8, 4) is 17.0 Å². The molecule has 2 N–H and O–H groups in total. The van der Waals surface area contributed by atoms with E-state index in [1.807, 2.05) is 4.90 Å². The van der Waals surface area contributed by atoms with E-state index < -0.39 is 17.7 Å². The maximum Gasteiger partial charge on any atom is 0.419 e. The van der Waals surface area contributed by atoms with Gasteiger partial charge in [0.05, 0.1) is 36.7 Å². The Balaban J connectivity index is 0.000000223. The average Bonchev–Trinajstić information content (AvgIpc) is 3.67. The standard InChI is InChI=1S/C19H24F3N3OS.C11H13N3O3/c1-4-13-6-5-9-25(13)11-16-17(24-18(23-2)27-16)12-7-8-15(26-3)14(10-12)19(20,21)22;15-7-9-5-13-10(6-12-9)14-3-1-8(2-4-14)11(16)17/h7-8,10,13H,4-6,9,11H2,1-3H3,(H,23,24);5-8H,1-4H2,(H,16,17). The molecule has 4 heterocycles. The Bertz CT molecular complexity index is 1410. The van der Waals surface area contributed by atoms with E-state index in [0.29, 0.717) is 72.7 Å². The minimum absolute atomic E-state index is 0.178. The lowest BCUT2D eigenvalue weighted by atomic mass is 9.97. The molecule has 3 aromatic rings. The number of carbonyl (C=O) groups excluding carboxylic acids is 1. The molecule has 0 bridgehead atoms. The number of ether oxygens (including phenoxy) is 1. The summed E-state index contributed by atoms with van der Waals surface area (Å²) in [6.07, 6.45) is 3.78. The number of alkyl halides is 3. The fourth-order valence-corrected chi connectivity index (χ4v) is 6.49. The Hall–Kier alpha value is -3.78. The maximum absolute atomic E-state index is 13.4. The number of benzene rings is 1. The van der Waals surface area contributed by atoms with Gasteiger partial charge >= 0.3 is 12.1 Å². The molecule has 2 saturated heterocycles. The number of carboxylic acids is 1. The van der Waals surface area contributed by atoms with E-state index in [1.165, 1.54) is 37.1 Å². The molecule has 0 saturated carbocycles. The molecular weight excluding hydrogens is 597 g/mol. The van der Waals surface area contributed by atoms with Gasteiger partial charge < -0.3 is 20.1 Å². The lowest BCUT2D eigenvalue weighted by Gasteiger charge is -2.30. The summed E-state index contributed by atoms with van der Waals surface area (Å²) in [5, 5.41) is 12.6. The number of nitrogens with zero attached hydrogens (tertiary/aromatic N) is 5. The van der Waals surface area contributed by atoms with E-state index in [4.69, 9.17) is 9.84 Å². The second kappa shape index (κ2) is 14.8. The fraction of sp³-hybridized carbons (Fsp3) is 0.500. The number of anilines is 2. The summed E-state index contributed by atoms with van der Waals surface area (Å²) in [6, 6.07) is 4.68. The first-order valence-electron chi connectivity index (χ1n) is 14.5. The summed E-state index contributed by atoms with van der Waals surface area (Å²) in [5.74, 6) is -0.470. The molecule has 2 aliphatic rings.